The molecule has 0 aromatic heterocycles. The molecule has 1 aliphatic rings. The predicted octanol–water partition coefficient (Wildman–Crippen LogP) is 1.04. The normalized spacial score (nSPS) is 17.8. The molecule has 0 spiro atoms. The quantitative estimate of drug-likeness (QED) is 0.771. The molecule has 0 bridgehead atoms. The van der Waals surface area contributed by atoms with E-state index in [4.69, 9.17) is 5.11 Å². The van der Waals surface area contributed by atoms with Crippen LogP contribution in [0.15, 0.2) is 0 Å². The highest BCUT2D eigenvalue weighted by molar-refractivity contribution is 5.78. The molecule has 1 heterocycles. The van der Waals surface area contributed by atoms with Gasteiger partial charge in [0.2, 0.25) is 5.91 Å². The topological polar surface area (TPSA) is 60.9 Å². The van der Waals surface area contributed by atoms with Crippen molar-refractivity contribution in [2.45, 2.75) is 33.1 Å². The largest absolute Gasteiger partial charge is 0.481 e. The van der Waals surface area contributed by atoms with E-state index in [1.165, 1.54) is 6.42 Å². The molecule has 1 N–H and O–H groups in total. The number of carbonyl (C=O) groups is 2. The van der Waals surface area contributed by atoms with Crippen LogP contribution in [0.5, 0.6) is 0 Å². The lowest BCUT2D eigenvalue weighted by Crippen LogP contribution is -2.44. The number of hydrogen-bond acceptors (Lipinski definition) is 3. The SMILES string of the molecule is CCN(CC(=O)N1CCCCC1)CC(C)C(=O)O. The number of likely N-dealkylation sites (N-methyl/N-ethyl adjacent to an activating group) is 1. The van der Waals surface area contributed by atoms with Crippen LogP contribution in [0.25, 0.3) is 0 Å². The molecule has 5 nitrogen and oxygen atoms in total. The van der Waals surface area contributed by atoms with Gasteiger partial charge in [-0.1, -0.05) is 13.8 Å². The molecule has 18 heavy (non-hydrogen) atoms. The minimum absolute atomic E-state index is 0.133. The van der Waals surface area contributed by atoms with Crippen LogP contribution < -0.4 is 0 Å². The molecular weight excluding hydrogens is 232 g/mol. The first-order valence-electron chi connectivity index (χ1n) is 6.77. The van der Waals surface area contributed by atoms with E-state index in [2.05, 4.69) is 0 Å². The molecule has 0 saturated carbocycles. The van der Waals surface area contributed by atoms with E-state index < -0.39 is 11.9 Å². The number of carboxylic acids is 1. The third-order valence-corrected chi connectivity index (χ3v) is 3.47. The number of amides is 1. The summed E-state index contributed by atoms with van der Waals surface area (Å²) in [5, 5.41) is 8.89. The molecule has 1 rings (SSSR count). The van der Waals surface area contributed by atoms with Crippen LogP contribution in [0.4, 0.5) is 0 Å². The molecule has 1 amide bonds. The van der Waals surface area contributed by atoms with Crippen molar-refractivity contribution in [1.29, 1.82) is 0 Å². The van der Waals surface area contributed by atoms with Crippen molar-refractivity contribution >= 4 is 11.9 Å². The molecular formula is C13H24N2O3. The molecule has 0 radical (unpaired) electrons. The van der Waals surface area contributed by atoms with Gasteiger partial charge in [-0.2, -0.15) is 0 Å². The molecule has 0 aliphatic carbocycles. The first-order valence-corrected chi connectivity index (χ1v) is 6.77. The molecule has 1 fully saturated rings. The first kappa shape index (κ1) is 15.0. The van der Waals surface area contributed by atoms with E-state index in [-0.39, 0.29) is 5.91 Å². The van der Waals surface area contributed by atoms with E-state index in [9.17, 15) is 9.59 Å². The lowest BCUT2D eigenvalue weighted by Gasteiger charge is -2.30. The number of carboxylic acid groups (broad SMARTS) is 1. The van der Waals surface area contributed by atoms with Gasteiger partial charge in [0.05, 0.1) is 12.5 Å². The van der Waals surface area contributed by atoms with Crippen LogP contribution in [0, 0.1) is 5.92 Å². The van der Waals surface area contributed by atoms with Crippen molar-refractivity contribution in [2.75, 3.05) is 32.7 Å². The fourth-order valence-electron chi connectivity index (χ4n) is 2.21. The van der Waals surface area contributed by atoms with Gasteiger partial charge >= 0.3 is 5.97 Å². The third-order valence-electron chi connectivity index (χ3n) is 3.47. The van der Waals surface area contributed by atoms with Crippen LogP contribution in [-0.4, -0.2) is 59.5 Å². The van der Waals surface area contributed by atoms with Crippen LogP contribution in [-0.2, 0) is 9.59 Å². The molecule has 0 aromatic carbocycles. The highest BCUT2D eigenvalue weighted by Gasteiger charge is 2.21. The van der Waals surface area contributed by atoms with Gasteiger partial charge in [-0.15, -0.1) is 0 Å². The second-order valence-corrected chi connectivity index (χ2v) is 5.01. The molecule has 104 valence electrons. The molecule has 1 saturated heterocycles. The van der Waals surface area contributed by atoms with E-state index in [1.54, 1.807) is 6.92 Å². The number of carbonyl (C=O) groups excluding carboxylic acids is 1. The highest BCUT2D eigenvalue weighted by atomic mass is 16.4. The number of hydrogen-bond donors (Lipinski definition) is 1. The average molecular weight is 256 g/mol. The van der Waals surface area contributed by atoms with Crippen LogP contribution in [0.1, 0.15) is 33.1 Å². The van der Waals surface area contributed by atoms with Gasteiger partial charge in [0.25, 0.3) is 0 Å². The van der Waals surface area contributed by atoms with E-state index >= 15 is 0 Å². The molecule has 1 aliphatic heterocycles. The van der Waals surface area contributed by atoms with Gasteiger partial charge in [-0.3, -0.25) is 14.5 Å². The summed E-state index contributed by atoms with van der Waals surface area (Å²) in [6.07, 6.45) is 3.38. The monoisotopic (exact) mass is 256 g/mol. The highest BCUT2D eigenvalue weighted by Crippen LogP contribution is 2.09. The number of piperidine rings is 1. The van der Waals surface area contributed by atoms with Gasteiger partial charge < -0.3 is 10.0 Å². The van der Waals surface area contributed by atoms with Crippen LogP contribution in [0.2, 0.25) is 0 Å². The maximum Gasteiger partial charge on any atom is 0.307 e. The summed E-state index contributed by atoms with van der Waals surface area (Å²) in [6.45, 7) is 6.82. The number of rotatable bonds is 6. The lowest BCUT2D eigenvalue weighted by atomic mass is 10.1. The van der Waals surface area contributed by atoms with Crippen molar-refractivity contribution in [2.24, 2.45) is 5.92 Å². The number of aliphatic carboxylic acids is 1. The smallest absolute Gasteiger partial charge is 0.307 e. The van der Waals surface area contributed by atoms with Crippen molar-refractivity contribution in [1.82, 2.24) is 9.80 Å². The Labute approximate surface area is 109 Å². The molecule has 0 aromatic rings. The Kier molecular flexibility index (Phi) is 6.12. The summed E-state index contributed by atoms with van der Waals surface area (Å²) in [4.78, 5) is 26.7. The fourth-order valence-corrected chi connectivity index (χ4v) is 2.21. The van der Waals surface area contributed by atoms with Crippen LogP contribution in [0.3, 0.4) is 0 Å². The maximum absolute atomic E-state index is 12.1. The minimum atomic E-state index is -0.807. The zero-order chi connectivity index (χ0) is 13.5. The second kappa shape index (κ2) is 7.36. The Bertz CT molecular complexity index is 288. The Morgan fingerprint density at radius 3 is 2.39 bits per heavy atom. The lowest BCUT2D eigenvalue weighted by molar-refractivity contribution is -0.142. The first-order chi connectivity index (χ1) is 8.54. The number of nitrogens with zero attached hydrogens (tertiary/aromatic N) is 2. The average Bonchev–Trinajstić information content (AvgIpc) is 2.38. The standard InChI is InChI=1S/C13H24N2O3/c1-3-14(9-11(2)13(17)18)10-12(16)15-7-5-4-6-8-15/h11H,3-10H2,1-2H3,(H,17,18). The van der Waals surface area contributed by atoms with E-state index in [0.717, 1.165) is 25.9 Å². The Morgan fingerprint density at radius 2 is 1.89 bits per heavy atom. The molecule has 5 heteroatoms. The predicted molar refractivity (Wildman–Crippen MR) is 69.3 cm³/mol. The summed E-state index contributed by atoms with van der Waals surface area (Å²) in [6, 6.07) is 0. The minimum Gasteiger partial charge on any atom is -0.481 e. The number of likely N-dealkylation sites (tertiary alicyclic amines) is 1. The summed E-state index contributed by atoms with van der Waals surface area (Å²) in [5.74, 6) is -1.10. The summed E-state index contributed by atoms with van der Waals surface area (Å²) in [7, 11) is 0. The molecule has 1 unspecified atom stereocenters. The van der Waals surface area contributed by atoms with Crippen molar-refractivity contribution in [3.8, 4) is 0 Å². The van der Waals surface area contributed by atoms with Crippen LogP contribution >= 0.6 is 0 Å². The van der Waals surface area contributed by atoms with Gasteiger partial charge in [0.15, 0.2) is 0 Å². The second-order valence-electron chi connectivity index (χ2n) is 5.01. The summed E-state index contributed by atoms with van der Waals surface area (Å²) >= 11 is 0. The van der Waals surface area contributed by atoms with E-state index in [0.29, 0.717) is 19.6 Å². The van der Waals surface area contributed by atoms with Gasteiger partial charge in [0.1, 0.15) is 0 Å². The van der Waals surface area contributed by atoms with E-state index in [1.807, 2.05) is 16.7 Å². The van der Waals surface area contributed by atoms with Gasteiger partial charge in [-0.25, -0.2) is 0 Å². The zero-order valence-electron chi connectivity index (χ0n) is 11.4. The maximum atomic E-state index is 12.1. The summed E-state index contributed by atoms with van der Waals surface area (Å²) in [5.41, 5.74) is 0. The third kappa shape index (κ3) is 4.64. The van der Waals surface area contributed by atoms with Gasteiger partial charge in [-0.05, 0) is 25.8 Å². The van der Waals surface area contributed by atoms with Crippen molar-refractivity contribution < 1.29 is 14.7 Å². The Balaban J connectivity index is 2.41. The van der Waals surface area contributed by atoms with Crippen molar-refractivity contribution in [3.05, 3.63) is 0 Å². The van der Waals surface area contributed by atoms with Crippen molar-refractivity contribution in [3.63, 3.8) is 0 Å². The Hall–Kier alpha value is -1.10. The fraction of sp³-hybridized carbons (Fsp3) is 0.846. The Morgan fingerprint density at radius 1 is 1.28 bits per heavy atom. The summed E-state index contributed by atoms with van der Waals surface area (Å²) < 4.78 is 0. The zero-order valence-corrected chi connectivity index (χ0v) is 11.4. The molecule has 1 atom stereocenters. The van der Waals surface area contributed by atoms with Gasteiger partial charge in [0, 0.05) is 19.6 Å².